The number of hydrogen-bond donors (Lipinski definition) is 2. The molecule has 0 spiro atoms. The van der Waals surface area contributed by atoms with Gasteiger partial charge >= 0.3 is 0 Å². The molecule has 0 saturated carbocycles. The molecule has 6 heteroatoms. The minimum absolute atomic E-state index is 0.243. The van der Waals surface area contributed by atoms with Crippen LogP contribution in [0.25, 0.3) is 0 Å². The number of halogens is 2. The lowest BCUT2D eigenvalue weighted by Crippen LogP contribution is -2.34. The van der Waals surface area contributed by atoms with Crippen LogP contribution in [0.2, 0.25) is 0 Å². The van der Waals surface area contributed by atoms with Crippen molar-refractivity contribution in [1.29, 1.82) is 0 Å². The Labute approximate surface area is 121 Å². The average molecular weight is 305 g/mol. The monoisotopic (exact) mass is 305 g/mol. The lowest BCUT2D eigenvalue weighted by Gasteiger charge is -2.23. The number of aliphatic hydroxyl groups excluding tert-OH is 1. The lowest BCUT2D eigenvalue weighted by molar-refractivity contribution is -0.0556. The molecule has 0 aliphatic heterocycles. The molecule has 1 aromatic rings. The molecule has 0 amide bonds. The van der Waals surface area contributed by atoms with E-state index < -0.39 is 28.3 Å². The summed E-state index contributed by atoms with van der Waals surface area (Å²) in [5, 5.41) is 8.71. The van der Waals surface area contributed by atoms with Crippen LogP contribution in [0.1, 0.15) is 44.9 Å². The zero-order valence-corrected chi connectivity index (χ0v) is 12.9. The highest BCUT2D eigenvalue weighted by atomic mass is 32.2. The fourth-order valence-corrected chi connectivity index (χ4v) is 2.34. The van der Waals surface area contributed by atoms with Crippen molar-refractivity contribution in [3.8, 4) is 0 Å². The lowest BCUT2D eigenvalue weighted by atomic mass is 10.0. The number of benzene rings is 1. The Balaban J connectivity index is 2.93. The van der Waals surface area contributed by atoms with Gasteiger partial charge in [-0.1, -0.05) is 18.2 Å². The molecule has 0 bridgehead atoms. The van der Waals surface area contributed by atoms with E-state index in [0.29, 0.717) is 5.56 Å². The predicted octanol–water partition coefficient (Wildman–Crippen LogP) is 2.88. The van der Waals surface area contributed by atoms with Crippen molar-refractivity contribution in [3.63, 3.8) is 0 Å². The fraction of sp³-hybridized carbons (Fsp3) is 0.571. The van der Waals surface area contributed by atoms with Gasteiger partial charge in [0.15, 0.2) is 0 Å². The molecule has 20 heavy (non-hydrogen) atoms. The van der Waals surface area contributed by atoms with E-state index in [9.17, 15) is 13.0 Å². The molecule has 3 nitrogen and oxygen atoms in total. The van der Waals surface area contributed by atoms with Gasteiger partial charge in [-0.2, -0.15) is 8.78 Å². The van der Waals surface area contributed by atoms with E-state index in [-0.39, 0.29) is 11.6 Å². The van der Waals surface area contributed by atoms with Crippen molar-refractivity contribution in [1.82, 2.24) is 4.72 Å². The molecular weight excluding hydrogens is 284 g/mol. The van der Waals surface area contributed by atoms with E-state index in [1.807, 2.05) is 20.8 Å². The van der Waals surface area contributed by atoms with Crippen molar-refractivity contribution in [2.45, 2.75) is 44.4 Å². The molecule has 2 atom stereocenters. The van der Waals surface area contributed by atoms with Gasteiger partial charge in [-0.05, 0) is 39.3 Å². The van der Waals surface area contributed by atoms with Gasteiger partial charge in [0, 0.05) is 11.6 Å². The summed E-state index contributed by atoms with van der Waals surface area (Å²) in [5.74, 6) is -3.26. The van der Waals surface area contributed by atoms with Gasteiger partial charge in [-0.25, -0.2) is 8.93 Å². The van der Waals surface area contributed by atoms with E-state index >= 15 is 0 Å². The smallest absolute Gasteiger partial charge is 0.295 e. The molecule has 1 aromatic carbocycles. The molecule has 0 unspecified atom stereocenters. The summed E-state index contributed by atoms with van der Waals surface area (Å²) in [5.41, 5.74) is 0.362. The van der Waals surface area contributed by atoms with Crippen LogP contribution in [0.3, 0.4) is 0 Å². The molecule has 0 aliphatic carbocycles. The van der Waals surface area contributed by atoms with E-state index in [1.54, 1.807) is 13.0 Å². The molecule has 1 rings (SSSR count). The summed E-state index contributed by atoms with van der Waals surface area (Å²) >= 11 is 0. The first-order chi connectivity index (χ1) is 9.08. The first-order valence-electron chi connectivity index (χ1n) is 6.35. The van der Waals surface area contributed by atoms with E-state index in [1.165, 1.54) is 18.2 Å². The number of hydrogen-bond acceptors (Lipinski definition) is 2. The maximum absolute atomic E-state index is 13.4. The third-order valence-corrected chi connectivity index (χ3v) is 4.53. The van der Waals surface area contributed by atoms with Crippen molar-refractivity contribution in [3.05, 3.63) is 35.4 Å². The van der Waals surface area contributed by atoms with Crippen LogP contribution >= 0.6 is 0 Å². The molecular formula is C14H21F2NO2S. The van der Waals surface area contributed by atoms with E-state index in [0.717, 1.165) is 0 Å². The van der Waals surface area contributed by atoms with Crippen LogP contribution in [0.5, 0.6) is 0 Å². The van der Waals surface area contributed by atoms with Crippen LogP contribution in [0.15, 0.2) is 24.3 Å². The van der Waals surface area contributed by atoms with Crippen LogP contribution in [-0.2, 0) is 16.9 Å². The van der Waals surface area contributed by atoms with E-state index in [4.69, 9.17) is 5.11 Å². The average Bonchev–Trinajstić information content (AvgIpc) is 2.37. The summed E-state index contributed by atoms with van der Waals surface area (Å²) in [4.78, 5) is 0. The molecule has 114 valence electrons. The van der Waals surface area contributed by atoms with E-state index in [2.05, 4.69) is 4.72 Å². The number of rotatable bonds is 5. The Hall–Kier alpha value is -0.850. The molecule has 0 saturated heterocycles. The van der Waals surface area contributed by atoms with Gasteiger partial charge in [0.1, 0.15) is 6.61 Å². The third-order valence-electron chi connectivity index (χ3n) is 2.85. The number of nitrogens with one attached hydrogen (secondary N) is 1. The second-order valence-corrected chi connectivity index (χ2v) is 7.71. The zero-order valence-electron chi connectivity index (χ0n) is 12.1. The van der Waals surface area contributed by atoms with Crippen LogP contribution in [0.4, 0.5) is 8.78 Å². The van der Waals surface area contributed by atoms with Gasteiger partial charge in [0.25, 0.3) is 5.92 Å². The normalized spacial score (nSPS) is 15.9. The standard InChI is InChI=1S/C14H21F2NO2S/c1-10(17-20(19)13(2,3)4)11-6-5-7-12(8-11)14(15,16)9-18/h5-8,10,17-18H,9H2,1-4H3/t10-,20-/m1/s1. The van der Waals surface area contributed by atoms with Crippen LogP contribution in [0, 0.1) is 0 Å². The van der Waals surface area contributed by atoms with Gasteiger partial charge in [0.05, 0.1) is 15.7 Å². The molecule has 2 N–H and O–H groups in total. The molecule has 0 radical (unpaired) electrons. The highest BCUT2D eigenvalue weighted by Crippen LogP contribution is 2.29. The van der Waals surface area contributed by atoms with Crippen molar-refractivity contribution in [2.75, 3.05) is 6.61 Å². The first kappa shape index (κ1) is 17.2. The Kier molecular flexibility index (Phi) is 5.40. The Morgan fingerprint density at radius 3 is 2.45 bits per heavy atom. The quantitative estimate of drug-likeness (QED) is 0.879. The largest absolute Gasteiger partial charge is 0.390 e. The zero-order chi connectivity index (χ0) is 15.6. The van der Waals surface area contributed by atoms with Gasteiger partial charge < -0.3 is 5.11 Å². The van der Waals surface area contributed by atoms with Gasteiger partial charge in [-0.3, -0.25) is 0 Å². The van der Waals surface area contributed by atoms with Crippen molar-refractivity contribution < 1.29 is 18.1 Å². The first-order valence-corrected chi connectivity index (χ1v) is 7.50. The van der Waals surface area contributed by atoms with Crippen molar-refractivity contribution >= 4 is 11.0 Å². The Morgan fingerprint density at radius 2 is 1.95 bits per heavy atom. The summed E-state index contributed by atoms with van der Waals surface area (Å²) in [6.45, 7) is 6.03. The number of alkyl halides is 2. The minimum Gasteiger partial charge on any atom is -0.390 e. The maximum Gasteiger partial charge on any atom is 0.295 e. The summed E-state index contributed by atoms with van der Waals surface area (Å²) in [7, 11) is -1.28. The second-order valence-electron chi connectivity index (χ2n) is 5.71. The topological polar surface area (TPSA) is 49.3 Å². The Morgan fingerprint density at radius 1 is 1.35 bits per heavy atom. The Bertz CT molecular complexity index is 486. The van der Waals surface area contributed by atoms with Gasteiger partial charge in [0.2, 0.25) is 0 Å². The molecule has 0 fully saturated rings. The van der Waals surface area contributed by atoms with Gasteiger partial charge in [-0.15, -0.1) is 0 Å². The highest BCUT2D eigenvalue weighted by Gasteiger charge is 2.31. The fourth-order valence-electron chi connectivity index (χ4n) is 1.53. The molecule has 0 heterocycles. The molecule has 0 aliphatic rings. The summed E-state index contributed by atoms with van der Waals surface area (Å²) in [6.07, 6.45) is 0. The predicted molar refractivity (Wildman–Crippen MR) is 76.9 cm³/mol. The SMILES string of the molecule is C[C@@H](N[S@](=O)C(C)(C)C)c1cccc(C(F)(F)CO)c1. The maximum atomic E-state index is 13.4. The third kappa shape index (κ3) is 4.33. The summed E-state index contributed by atoms with van der Waals surface area (Å²) < 4.78 is 41.4. The number of aliphatic hydroxyl groups is 1. The van der Waals surface area contributed by atoms with Crippen LogP contribution < -0.4 is 4.72 Å². The summed E-state index contributed by atoms with van der Waals surface area (Å²) in [6, 6.07) is 5.46. The highest BCUT2D eigenvalue weighted by molar-refractivity contribution is 7.84. The van der Waals surface area contributed by atoms with Crippen molar-refractivity contribution in [2.24, 2.45) is 0 Å². The molecule has 0 aromatic heterocycles. The minimum atomic E-state index is -3.26. The van der Waals surface area contributed by atoms with Crippen LogP contribution in [-0.4, -0.2) is 20.7 Å². The second kappa shape index (κ2) is 6.28.